The van der Waals surface area contributed by atoms with Gasteiger partial charge in [0.25, 0.3) is 5.91 Å². The number of hydrogen-bond acceptors (Lipinski definition) is 2. The molecule has 0 aliphatic carbocycles. The summed E-state index contributed by atoms with van der Waals surface area (Å²) in [5, 5.41) is 0. The fourth-order valence-electron chi connectivity index (χ4n) is 3.60. The molecular weight excluding hydrogens is 312 g/mol. The Morgan fingerprint density at radius 2 is 1.87 bits per heavy atom. The molecule has 1 saturated heterocycles. The molecule has 1 heterocycles. The molecule has 0 radical (unpaired) electrons. The molecule has 4 nitrogen and oxygen atoms in total. The Labute approximate surface area is 143 Å². The Kier molecular flexibility index (Phi) is 5.17. The normalized spacial score (nSPS) is 29.7. The summed E-state index contributed by atoms with van der Waals surface area (Å²) in [4.78, 5) is 26.4. The molecule has 23 heavy (non-hydrogen) atoms. The SMILES string of the molecule is CCC(C)C[N+]1(C)CN(Cl)C(=O)C(CC)(c2ccccc2)C1=O. The molecule has 1 aromatic rings. The van der Waals surface area contributed by atoms with E-state index in [1.807, 2.05) is 44.3 Å². The standard InChI is InChI=1S/C18H26ClN2O2/c1-5-14(3)12-21(4)13-20(19)16(22)18(6-2,17(21)23)15-10-8-7-9-11-15/h7-11,14H,5-6,12-13H2,1-4H3/q+1. The second-order valence-corrected chi connectivity index (χ2v) is 7.24. The number of hydrogen-bond donors (Lipinski definition) is 0. The van der Waals surface area contributed by atoms with Crippen LogP contribution in [0.2, 0.25) is 0 Å². The molecule has 0 N–H and O–H groups in total. The molecule has 3 unspecified atom stereocenters. The molecule has 126 valence electrons. The van der Waals surface area contributed by atoms with Gasteiger partial charge in [0, 0.05) is 17.7 Å². The minimum atomic E-state index is -1.19. The summed E-state index contributed by atoms with van der Waals surface area (Å²) in [6, 6.07) is 9.31. The van der Waals surface area contributed by atoms with Crippen LogP contribution in [-0.2, 0) is 15.0 Å². The lowest BCUT2D eigenvalue weighted by Gasteiger charge is -2.47. The molecule has 1 aliphatic heterocycles. The van der Waals surface area contributed by atoms with Crippen molar-refractivity contribution in [3.8, 4) is 0 Å². The van der Waals surface area contributed by atoms with Crippen molar-refractivity contribution in [2.75, 3.05) is 20.3 Å². The number of carbonyl (C=O) groups excluding carboxylic acids is 2. The minimum absolute atomic E-state index is 0.0478. The maximum absolute atomic E-state index is 13.5. The Bertz CT molecular complexity index is 592. The van der Waals surface area contributed by atoms with Crippen LogP contribution in [0.5, 0.6) is 0 Å². The highest BCUT2D eigenvalue weighted by Crippen LogP contribution is 2.39. The fraction of sp³-hybridized carbons (Fsp3) is 0.556. The van der Waals surface area contributed by atoms with Crippen LogP contribution in [0.25, 0.3) is 0 Å². The summed E-state index contributed by atoms with van der Waals surface area (Å²) >= 11 is 6.27. The van der Waals surface area contributed by atoms with Gasteiger partial charge in [0.2, 0.25) is 0 Å². The van der Waals surface area contributed by atoms with E-state index in [-0.39, 0.29) is 23.0 Å². The number of carbonyl (C=O) groups is 2. The van der Waals surface area contributed by atoms with Gasteiger partial charge in [-0.3, -0.25) is 4.79 Å². The first-order chi connectivity index (χ1) is 10.8. The van der Waals surface area contributed by atoms with Crippen LogP contribution >= 0.6 is 11.8 Å². The van der Waals surface area contributed by atoms with Gasteiger partial charge in [-0.2, -0.15) is 0 Å². The summed E-state index contributed by atoms with van der Waals surface area (Å²) in [5.74, 6) is 0.0265. The zero-order valence-corrected chi connectivity index (χ0v) is 15.1. The number of nitrogens with zero attached hydrogens (tertiary/aromatic N) is 2. The molecule has 0 bridgehead atoms. The summed E-state index contributed by atoms with van der Waals surface area (Å²) < 4.78 is 1.37. The van der Waals surface area contributed by atoms with Crippen molar-refractivity contribution < 1.29 is 14.1 Å². The van der Waals surface area contributed by atoms with E-state index in [4.69, 9.17) is 11.8 Å². The molecule has 0 spiro atoms. The van der Waals surface area contributed by atoms with E-state index in [9.17, 15) is 9.59 Å². The van der Waals surface area contributed by atoms with Crippen LogP contribution in [0.3, 0.4) is 0 Å². The summed E-state index contributed by atoms with van der Waals surface area (Å²) in [6.07, 6.45) is 1.40. The van der Waals surface area contributed by atoms with Crippen LogP contribution in [-0.4, -0.2) is 41.0 Å². The first-order valence-electron chi connectivity index (χ1n) is 8.24. The Morgan fingerprint density at radius 1 is 1.26 bits per heavy atom. The highest BCUT2D eigenvalue weighted by atomic mass is 35.5. The number of rotatable bonds is 5. The molecule has 3 atom stereocenters. The number of amides is 2. The minimum Gasteiger partial charge on any atom is -0.272 e. The molecule has 5 heteroatoms. The van der Waals surface area contributed by atoms with Crippen LogP contribution in [0, 0.1) is 5.92 Å². The largest absolute Gasteiger partial charge is 0.335 e. The maximum Gasteiger partial charge on any atom is 0.335 e. The van der Waals surface area contributed by atoms with Crippen molar-refractivity contribution in [3.05, 3.63) is 35.9 Å². The monoisotopic (exact) mass is 337 g/mol. The van der Waals surface area contributed by atoms with Gasteiger partial charge >= 0.3 is 5.91 Å². The van der Waals surface area contributed by atoms with Gasteiger partial charge in [-0.1, -0.05) is 51.1 Å². The Hall–Kier alpha value is -1.39. The van der Waals surface area contributed by atoms with Gasteiger partial charge in [-0.15, -0.1) is 0 Å². The first kappa shape index (κ1) is 18.0. The number of halogens is 1. The topological polar surface area (TPSA) is 37.4 Å². The molecule has 1 fully saturated rings. The predicted octanol–water partition coefficient (Wildman–Crippen LogP) is 3.31. The lowest BCUT2D eigenvalue weighted by molar-refractivity contribution is -0.849. The van der Waals surface area contributed by atoms with Gasteiger partial charge in [0.15, 0.2) is 12.1 Å². The van der Waals surface area contributed by atoms with E-state index in [1.165, 1.54) is 4.42 Å². The molecule has 1 aliphatic rings. The van der Waals surface area contributed by atoms with Crippen LogP contribution < -0.4 is 0 Å². The van der Waals surface area contributed by atoms with Crippen molar-refractivity contribution in [2.45, 2.75) is 39.0 Å². The number of quaternary nitrogens is 1. The summed E-state index contributed by atoms with van der Waals surface area (Å²) in [6.45, 7) is 7.02. The highest BCUT2D eigenvalue weighted by Gasteiger charge is 2.61. The average molecular weight is 338 g/mol. The van der Waals surface area contributed by atoms with Crippen molar-refractivity contribution in [1.29, 1.82) is 0 Å². The third kappa shape index (κ3) is 2.90. The van der Waals surface area contributed by atoms with Gasteiger partial charge in [0.1, 0.15) is 0 Å². The third-order valence-electron chi connectivity index (χ3n) is 5.09. The van der Waals surface area contributed by atoms with E-state index < -0.39 is 5.41 Å². The Morgan fingerprint density at radius 3 is 2.39 bits per heavy atom. The average Bonchev–Trinajstić information content (AvgIpc) is 2.55. The zero-order valence-electron chi connectivity index (χ0n) is 14.4. The molecule has 0 aromatic heterocycles. The lowest BCUT2D eigenvalue weighted by atomic mass is 9.74. The van der Waals surface area contributed by atoms with E-state index >= 15 is 0 Å². The van der Waals surface area contributed by atoms with Gasteiger partial charge in [0.05, 0.1) is 13.6 Å². The van der Waals surface area contributed by atoms with E-state index in [1.54, 1.807) is 0 Å². The number of benzene rings is 1. The van der Waals surface area contributed by atoms with Crippen LogP contribution in [0.1, 0.15) is 39.2 Å². The highest BCUT2D eigenvalue weighted by molar-refractivity contribution is 6.26. The fourth-order valence-corrected chi connectivity index (χ4v) is 3.98. The smallest absolute Gasteiger partial charge is 0.272 e. The Balaban J connectivity index is 2.55. The number of likely N-dealkylation sites (N-methyl/N-ethyl adjacent to an activating group) is 1. The quantitative estimate of drug-likeness (QED) is 0.469. The van der Waals surface area contributed by atoms with E-state index in [2.05, 4.69) is 13.8 Å². The van der Waals surface area contributed by atoms with Gasteiger partial charge in [-0.05, 0) is 18.4 Å². The molecule has 2 amide bonds. The second kappa shape index (κ2) is 6.62. The van der Waals surface area contributed by atoms with Crippen molar-refractivity contribution in [2.24, 2.45) is 5.92 Å². The summed E-state index contributed by atoms with van der Waals surface area (Å²) in [7, 11) is 1.89. The van der Waals surface area contributed by atoms with Crippen LogP contribution in [0.4, 0.5) is 0 Å². The first-order valence-corrected chi connectivity index (χ1v) is 8.58. The van der Waals surface area contributed by atoms with Crippen molar-refractivity contribution in [1.82, 2.24) is 4.42 Å². The molecule has 0 saturated carbocycles. The zero-order chi connectivity index (χ0) is 17.3. The summed E-state index contributed by atoms with van der Waals surface area (Å²) in [5.41, 5.74) is -0.458. The maximum atomic E-state index is 13.5. The molecular formula is C18H26ClN2O2+. The predicted molar refractivity (Wildman–Crippen MR) is 91.5 cm³/mol. The van der Waals surface area contributed by atoms with Gasteiger partial charge in [-0.25, -0.2) is 13.7 Å². The third-order valence-corrected chi connectivity index (χ3v) is 5.35. The van der Waals surface area contributed by atoms with Crippen molar-refractivity contribution in [3.63, 3.8) is 0 Å². The van der Waals surface area contributed by atoms with E-state index in [0.29, 0.717) is 18.9 Å². The lowest BCUT2D eigenvalue weighted by Crippen LogP contribution is -2.70. The van der Waals surface area contributed by atoms with E-state index in [0.717, 1.165) is 12.0 Å². The van der Waals surface area contributed by atoms with Gasteiger partial charge < -0.3 is 0 Å². The second-order valence-electron chi connectivity index (χ2n) is 6.83. The molecule has 2 rings (SSSR count). The van der Waals surface area contributed by atoms with Crippen molar-refractivity contribution >= 4 is 23.6 Å². The van der Waals surface area contributed by atoms with Crippen LogP contribution in [0.15, 0.2) is 30.3 Å². The molecule has 1 aromatic carbocycles.